The van der Waals surface area contributed by atoms with Crippen LogP contribution < -0.4 is 10.6 Å². The third-order valence-electron chi connectivity index (χ3n) is 4.29. The van der Waals surface area contributed by atoms with Crippen LogP contribution in [0, 0.1) is 0 Å². The van der Waals surface area contributed by atoms with Crippen LogP contribution in [0.15, 0.2) is 55.0 Å². The van der Waals surface area contributed by atoms with E-state index in [1.165, 1.54) is 0 Å². The summed E-state index contributed by atoms with van der Waals surface area (Å²) in [6.45, 7) is 1.57. The summed E-state index contributed by atoms with van der Waals surface area (Å²) in [5.74, 6) is 0.433. The molecule has 0 aliphatic carbocycles. The Morgan fingerprint density at radius 3 is 3.08 bits per heavy atom. The van der Waals surface area contributed by atoms with E-state index in [2.05, 4.69) is 20.7 Å². The molecule has 4 rings (SSSR count). The molecule has 0 bridgehead atoms. The zero-order chi connectivity index (χ0) is 17.1. The van der Waals surface area contributed by atoms with Crippen molar-refractivity contribution in [3.8, 4) is 0 Å². The highest BCUT2D eigenvalue weighted by molar-refractivity contribution is 6.05. The predicted molar refractivity (Wildman–Crippen MR) is 96.8 cm³/mol. The van der Waals surface area contributed by atoms with Crippen LogP contribution in [0.25, 0.3) is 0 Å². The Morgan fingerprint density at radius 1 is 1.24 bits per heavy atom. The Labute approximate surface area is 145 Å². The first-order valence-corrected chi connectivity index (χ1v) is 8.39. The number of hydrogen-bond donors (Lipinski definition) is 2. The Kier molecular flexibility index (Phi) is 4.16. The fourth-order valence-electron chi connectivity index (χ4n) is 3.10. The molecule has 0 fully saturated rings. The van der Waals surface area contributed by atoms with Crippen molar-refractivity contribution in [2.24, 2.45) is 0 Å². The molecule has 1 amide bonds. The van der Waals surface area contributed by atoms with Gasteiger partial charge in [-0.05, 0) is 42.2 Å². The molecular formula is C19H19N5O. The summed E-state index contributed by atoms with van der Waals surface area (Å²) in [6, 6.07) is 11.5. The minimum Gasteiger partial charge on any atom is -0.385 e. The van der Waals surface area contributed by atoms with Gasteiger partial charge in [-0.1, -0.05) is 12.1 Å². The second-order valence-electron chi connectivity index (χ2n) is 6.08. The lowest BCUT2D eigenvalue weighted by Crippen LogP contribution is -2.19. The maximum absolute atomic E-state index is 12.7. The number of anilines is 2. The van der Waals surface area contributed by atoms with Gasteiger partial charge < -0.3 is 10.6 Å². The van der Waals surface area contributed by atoms with Crippen LogP contribution in [0.4, 0.5) is 11.5 Å². The molecule has 0 saturated carbocycles. The number of hydrogen-bond acceptors (Lipinski definition) is 4. The molecule has 1 aliphatic heterocycles. The smallest absolute Gasteiger partial charge is 0.257 e. The third-order valence-corrected chi connectivity index (χ3v) is 4.29. The fourth-order valence-corrected chi connectivity index (χ4v) is 3.10. The number of nitrogens with zero attached hydrogens (tertiary/aromatic N) is 3. The molecule has 0 radical (unpaired) electrons. The normalized spacial score (nSPS) is 13.0. The number of amides is 1. The van der Waals surface area contributed by atoms with Gasteiger partial charge in [0.15, 0.2) is 5.82 Å². The van der Waals surface area contributed by atoms with Gasteiger partial charge in [0, 0.05) is 42.5 Å². The van der Waals surface area contributed by atoms with Gasteiger partial charge in [0.2, 0.25) is 0 Å². The number of nitrogens with one attached hydrogen (secondary N) is 2. The van der Waals surface area contributed by atoms with Crippen LogP contribution in [0.2, 0.25) is 0 Å². The molecular weight excluding hydrogens is 314 g/mol. The average Bonchev–Trinajstić information content (AvgIpc) is 3.09. The van der Waals surface area contributed by atoms with Crippen LogP contribution in [-0.4, -0.2) is 27.2 Å². The zero-order valence-electron chi connectivity index (χ0n) is 13.8. The number of carbonyl (C=O) groups excluding carboxylic acids is 1. The SMILES string of the molecule is O=C(Nc1ccn(Cc2cccnc2)n1)c1cccc2c1CCCN2. The van der Waals surface area contributed by atoms with E-state index in [1.807, 2.05) is 48.8 Å². The van der Waals surface area contributed by atoms with Crippen molar-refractivity contribution in [3.05, 3.63) is 71.7 Å². The number of aromatic nitrogens is 3. The summed E-state index contributed by atoms with van der Waals surface area (Å²) in [7, 11) is 0. The van der Waals surface area contributed by atoms with Gasteiger partial charge in [0.25, 0.3) is 5.91 Å². The zero-order valence-corrected chi connectivity index (χ0v) is 13.8. The van der Waals surface area contributed by atoms with Crippen molar-refractivity contribution in [2.45, 2.75) is 19.4 Å². The molecule has 1 aliphatic rings. The molecule has 3 heterocycles. The molecule has 0 atom stereocenters. The van der Waals surface area contributed by atoms with Crippen molar-refractivity contribution >= 4 is 17.4 Å². The first-order chi connectivity index (χ1) is 12.3. The number of fused-ring (bicyclic) bond motifs is 1. The van der Waals surface area contributed by atoms with Gasteiger partial charge in [0.05, 0.1) is 6.54 Å². The van der Waals surface area contributed by atoms with E-state index in [9.17, 15) is 4.79 Å². The summed E-state index contributed by atoms with van der Waals surface area (Å²) >= 11 is 0. The molecule has 6 heteroatoms. The van der Waals surface area contributed by atoms with Crippen LogP contribution >= 0.6 is 0 Å². The first kappa shape index (κ1) is 15.4. The number of rotatable bonds is 4. The molecule has 0 spiro atoms. The van der Waals surface area contributed by atoms with Crippen molar-refractivity contribution in [3.63, 3.8) is 0 Å². The molecule has 2 aromatic heterocycles. The van der Waals surface area contributed by atoms with E-state index in [4.69, 9.17) is 0 Å². The van der Waals surface area contributed by atoms with E-state index < -0.39 is 0 Å². The molecule has 126 valence electrons. The Balaban J connectivity index is 1.49. The second-order valence-corrected chi connectivity index (χ2v) is 6.08. The Morgan fingerprint density at radius 2 is 2.20 bits per heavy atom. The second kappa shape index (κ2) is 6.76. The van der Waals surface area contributed by atoms with E-state index in [-0.39, 0.29) is 5.91 Å². The molecule has 6 nitrogen and oxygen atoms in total. The average molecular weight is 333 g/mol. The van der Waals surface area contributed by atoms with Crippen LogP contribution in [0.5, 0.6) is 0 Å². The van der Waals surface area contributed by atoms with Crippen LogP contribution in [-0.2, 0) is 13.0 Å². The maximum atomic E-state index is 12.7. The first-order valence-electron chi connectivity index (χ1n) is 8.39. The van der Waals surface area contributed by atoms with Gasteiger partial charge >= 0.3 is 0 Å². The van der Waals surface area contributed by atoms with E-state index in [1.54, 1.807) is 10.9 Å². The third kappa shape index (κ3) is 3.38. The standard InChI is InChI=1S/C19H19N5O/c25-19(16-5-1-7-17-15(16)6-3-10-21-17)22-18-8-11-24(23-18)13-14-4-2-9-20-12-14/h1-2,4-5,7-9,11-12,21H,3,6,10,13H2,(H,22,23,25). The van der Waals surface area contributed by atoms with E-state index in [0.29, 0.717) is 17.9 Å². The number of benzene rings is 1. The molecule has 25 heavy (non-hydrogen) atoms. The van der Waals surface area contributed by atoms with E-state index >= 15 is 0 Å². The minimum atomic E-state index is -0.118. The van der Waals surface area contributed by atoms with Crippen molar-refractivity contribution < 1.29 is 4.79 Å². The van der Waals surface area contributed by atoms with Gasteiger partial charge in [0.1, 0.15) is 0 Å². The number of pyridine rings is 1. The Hall–Kier alpha value is -3.15. The quantitative estimate of drug-likeness (QED) is 0.770. The predicted octanol–water partition coefficient (Wildman–Crippen LogP) is 2.94. The highest BCUT2D eigenvalue weighted by Gasteiger charge is 2.18. The lowest BCUT2D eigenvalue weighted by atomic mass is 9.97. The topological polar surface area (TPSA) is 71.8 Å². The maximum Gasteiger partial charge on any atom is 0.257 e. The summed E-state index contributed by atoms with van der Waals surface area (Å²) in [5.41, 5.74) is 3.92. The van der Waals surface area contributed by atoms with E-state index in [0.717, 1.165) is 36.2 Å². The van der Waals surface area contributed by atoms with Crippen LogP contribution in [0.3, 0.4) is 0 Å². The van der Waals surface area contributed by atoms with Crippen molar-refractivity contribution in [2.75, 3.05) is 17.2 Å². The number of carbonyl (C=O) groups is 1. The fraction of sp³-hybridized carbons (Fsp3) is 0.211. The van der Waals surface area contributed by atoms with Crippen LogP contribution in [0.1, 0.15) is 27.9 Å². The lowest BCUT2D eigenvalue weighted by molar-refractivity contribution is 0.102. The largest absolute Gasteiger partial charge is 0.385 e. The summed E-state index contributed by atoms with van der Waals surface area (Å²) in [6.07, 6.45) is 7.36. The van der Waals surface area contributed by atoms with Gasteiger partial charge in [-0.15, -0.1) is 0 Å². The molecule has 3 aromatic rings. The highest BCUT2D eigenvalue weighted by atomic mass is 16.1. The molecule has 1 aromatic carbocycles. The van der Waals surface area contributed by atoms with Crippen molar-refractivity contribution in [1.29, 1.82) is 0 Å². The van der Waals surface area contributed by atoms with Crippen molar-refractivity contribution in [1.82, 2.24) is 14.8 Å². The van der Waals surface area contributed by atoms with Gasteiger partial charge in [-0.2, -0.15) is 5.10 Å². The minimum absolute atomic E-state index is 0.118. The van der Waals surface area contributed by atoms with Gasteiger partial charge in [-0.3, -0.25) is 14.5 Å². The molecule has 2 N–H and O–H groups in total. The summed E-state index contributed by atoms with van der Waals surface area (Å²) in [5, 5.41) is 10.7. The van der Waals surface area contributed by atoms with Gasteiger partial charge in [-0.25, -0.2) is 0 Å². The highest BCUT2D eigenvalue weighted by Crippen LogP contribution is 2.25. The summed E-state index contributed by atoms with van der Waals surface area (Å²) in [4.78, 5) is 16.8. The molecule has 0 saturated heterocycles. The molecule has 0 unspecified atom stereocenters. The Bertz CT molecular complexity index is 888. The monoisotopic (exact) mass is 333 g/mol. The lowest BCUT2D eigenvalue weighted by Gasteiger charge is -2.20. The summed E-state index contributed by atoms with van der Waals surface area (Å²) < 4.78 is 1.79.